The van der Waals surface area contributed by atoms with Crippen LogP contribution in [0.15, 0.2) is 12.8 Å². The van der Waals surface area contributed by atoms with E-state index in [1.54, 1.807) is 14.2 Å². The summed E-state index contributed by atoms with van der Waals surface area (Å²) in [4.78, 5) is 0. The summed E-state index contributed by atoms with van der Waals surface area (Å²) >= 11 is -1.60. The molecule has 11 heavy (non-hydrogen) atoms. The van der Waals surface area contributed by atoms with Gasteiger partial charge in [-0.1, -0.05) is 0 Å². The van der Waals surface area contributed by atoms with Gasteiger partial charge in [-0.25, -0.2) is 0 Å². The molecule has 0 atom stereocenters. The average molecular weight is 195 g/mol. The van der Waals surface area contributed by atoms with Crippen LogP contribution in [0.1, 0.15) is 6.42 Å². The van der Waals surface area contributed by atoms with Crippen LogP contribution in [-0.4, -0.2) is 20.8 Å². The van der Waals surface area contributed by atoms with Crippen molar-refractivity contribution < 1.29 is 30.0 Å². The van der Waals surface area contributed by atoms with E-state index in [0.717, 1.165) is 11.1 Å². The Kier molecular flexibility index (Phi) is 8.40. The van der Waals surface area contributed by atoms with Gasteiger partial charge in [0.25, 0.3) is 0 Å². The third-order valence-electron chi connectivity index (χ3n) is 1.22. The van der Waals surface area contributed by atoms with Crippen molar-refractivity contribution in [3.05, 3.63) is 12.8 Å². The van der Waals surface area contributed by atoms with Gasteiger partial charge in [-0.2, -0.15) is 0 Å². The Bertz CT molecular complexity index is 93.7. The molecule has 0 aliphatic heterocycles. The summed E-state index contributed by atoms with van der Waals surface area (Å²) in [6.07, 6.45) is 2.45. The number of hydrogen-bond acceptors (Lipinski definition) is 3. The molecule has 0 rings (SSSR count). The second-order valence-corrected chi connectivity index (χ2v) is 5.14. The zero-order valence-electron chi connectivity index (χ0n) is 7.13. The molecule has 3 nitrogen and oxygen atoms in total. The second kappa shape index (κ2) is 8.27. The topological polar surface area (TPSA) is 27.7 Å². The van der Waals surface area contributed by atoms with E-state index in [1.807, 2.05) is 0 Å². The molecule has 0 saturated heterocycles. The fourth-order valence-corrected chi connectivity index (χ4v) is 2.24. The van der Waals surface area contributed by atoms with Gasteiger partial charge >= 0.3 is 74.8 Å². The van der Waals surface area contributed by atoms with Crippen LogP contribution in [0.5, 0.6) is 0 Å². The van der Waals surface area contributed by atoms with Gasteiger partial charge in [-0.15, -0.1) is 0 Å². The van der Waals surface area contributed by atoms with Crippen molar-refractivity contribution in [3.63, 3.8) is 0 Å². The summed E-state index contributed by atoms with van der Waals surface area (Å²) in [5.74, 6) is 0. The molecule has 0 aromatic carbocycles. The van der Waals surface area contributed by atoms with E-state index in [4.69, 9.17) is 11.4 Å². The van der Waals surface area contributed by atoms with Crippen molar-refractivity contribution in [1.29, 1.82) is 0 Å². The molecule has 0 aromatic rings. The molecule has 0 heterocycles. The second-order valence-electron chi connectivity index (χ2n) is 1.92. The average Bonchev–Trinajstić information content (AvgIpc) is 2.05. The monoisotopic (exact) mass is 195 g/mol. The fraction of sp³-hybridized carbons (Fsp3) is 0.714. The minimum atomic E-state index is -1.60. The molecule has 0 aromatic heterocycles. The molecule has 0 saturated carbocycles. The molecule has 0 spiro atoms. The quantitative estimate of drug-likeness (QED) is 0.351. The number of ether oxygens (including phenoxy) is 1. The van der Waals surface area contributed by atoms with Gasteiger partial charge in [0.15, 0.2) is 0 Å². The van der Waals surface area contributed by atoms with Crippen molar-refractivity contribution in [2.75, 3.05) is 20.8 Å². The van der Waals surface area contributed by atoms with E-state index < -0.39 is 18.6 Å². The summed E-state index contributed by atoms with van der Waals surface area (Å²) in [6.45, 7) is 4.16. The fourth-order valence-electron chi connectivity index (χ4n) is 0.671. The Morgan fingerprint density at radius 1 is 1.36 bits per heavy atom. The van der Waals surface area contributed by atoms with E-state index >= 15 is 0 Å². The summed E-state index contributed by atoms with van der Waals surface area (Å²) in [7, 11) is 3.40. The molecular weight excluding hydrogens is 180 g/mol. The Labute approximate surface area is 75.1 Å². The normalized spacial score (nSPS) is 9.27. The maximum absolute atomic E-state index is 5.14. The van der Waals surface area contributed by atoms with Crippen LogP contribution >= 0.6 is 0 Å². The van der Waals surface area contributed by atoms with Crippen molar-refractivity contribution in [1.82, 2.24) is 0 Å². The first-order valence-electron chi connectivity index (χ1n) is 3.51. The molecule has 0 aliphatic carbocycles. The standard InChI is InChI=1S/C5H9O.2CH3O.Ti/c1-3-5-6-4-2;2*1-2;/h4H,1-3,5H2;2*1H3;/q;2*-1;+2. The zero-order valence-corrected chi connectivity index (χ0v) is 8.69. The van der Waals surface area contributed by atoms with E-state index in [0.29, 0.717) is 6.61 Å². The molecule has 0 fully saturated rings. The van der Waals surface area contributed by atoms with Crippen molar-refractivity contribution in [3.8, 4) is 0 Å². The van der Waals surface area contributed by atoms with Gasteiger partial charge in [-0.05, 0) is 0 Å². The minimum absolute atomic E-state index is 0.715. The van der Waals surface area contributed by atoms with Crippen LogP contribution in [0.3, 0.4) is 0 Å². The van der Waals surface area contributed by atoms with Crippen molar-refractivity contribution in [2.24, 2.45) is 0 Å². The Hall–Kier alpha value is 0.174. The molecule has 0 unspecified atom stereocenters. The first kappa shape index (κ1) is 11.2. The van der Waals surface area contributed by atoms with Crippen molar-refractivity contribution >= 4 is 0 Å². The molecule has 0 aliphatic rings. The SMILES string of the molecule is C=COCC[CH2][Ti]([O]C)[O]C. The molecule has 65 valence electrons. The van der Waals surface area contributed by atoms with Gasteiger partial charge in [0.2, 0.25) is 0 Å². The zero-order chi connectivity index (χ0) is 8.53. The molecule has 0 bridgehead atoms. The van der Waals surface area contributed by atoms with E-state index in [2.05, 4.69) is 6.58 Å². The van der Waals surface area contributed by atoms with Crippen LogP contribution in [0.25, 0.3) is 0 Å². The van der Waals surface area contributed by atoms with Gasteiger partial charge in [0.05, 0.1) is 0 Å². The Balaban J connectivity index is 3.13. The van der Waals surface area contributed by atoms with E-state index in [-0.39, 0.29) is 0 Å². The van der Waals surface area contributed by atoms with Crippen LogP contribution < -0.4 is 0 Å². The molecule has 0 radical (unpaired) electrons. The molecule has 0 N–H and O–H groups in total. The summed E-state index contributed by atoms with van der Waals surface area (Å²) in [5, 5.41) is 0. The van der Waals surface area contributed by atoms with E-state index in [1.165, 1.54) is 6.26 Å². The van der Waals surface area contributed by atoms with Crippen LogP contribution in [-0.2, 0) is 30.0 Å². The van der Waals surface area contributed by atoms with Crippen molar-refractivity contribution in [2.45, 2.75) is 11.1 Å². The predicted octanol–water partition coefficient (Wildman–Crippen LogP) is 1.70. The summed E-state index contributed by atoms with van der Waals surface area (Å²) in [6, 6.07) is 0. The van der Waals surface area contributed by atoms with Crippen LogP contribution in [0.2, 0.25) is 4.73 Å². The van der Waals surface area contributed by atoms with Crippen LogP contribution in [0.4, 0.5) is 0 Å². The van der Waals surface area contributed by atoms with Crippen LogP contribution in [0, 0.1) is 0 Å². The molecule has 0 amide bonds. The third-order valence-corrected chi connectivity index (χ3v) is 3.83. The number of hydrogen-bond donors (Lipinski definition) is 0. The maximum atomic E-state index is 5.14. The Morgan fingerprint density at radius 2 is 2.00 bits per heavy atom. The van der Waals surface area contributed by atoms with Gasteiger partial charge in [0, 0.05) is 0 Å². The van der Waals surface area contributed by atoms with E-state index in [9.17, 15) is 0 Å². The Morgan fingerprint density at radius 3 is 2.45 bits per heavy atom. The van der Waals surface area contributed by atoms with Gasteiger partial charge in [0.1, 0.15) is 0 Å². The van der Waals surface area contributed by atoms with Gasteiger partial charge < -0.3 is 0 Å². The predicted molar refractivity (Wildman–Crippen MR) is 39.6 cm³/mol. The first-order chi connectivity index (χ1) is 5.35. The summed E-state index contributed by atoms with van der Waals surface area (Å²) in [5.41, 5.74) is 0. The number of rotatable bonds is 7. The first-order valence-corrected chi connectivity index (χ1v) is 5.89. The summed E-state index contributed by atoms with van der Waals surface area (Å²) < 4.78 is 16.3. The third kappa shape index (κ3) is 6.57. The molecule has 4 heteroatoms. The van der Waals surface area contributed by atoms with Gasteiger partial charge in [-0.3, -0.25) is 0 Å². The molecular formula is C7H15O3Ti.